The number of pyridine rings is 1. The summed E-state index contributed by atoms with van der Waals surface area (Å²) in [6, 6.07) is 9.05. The van der Waals surface area contributed by atoms with Crippen molar-refractivity contribution in [3.8, 4) is 22.8 Å². The summed E-state index contributed by atoms with van der Waals surface area (Å²) in [4.78, 5) is 4.94. The first-order chi connectivity index (χ1) is 15.1. The van der Waals surface area contributed by atoms with Crippen molar-refractivity contribution in [3.63, 3.8) is 0 Å². The number of aromatic nitrogens is 1. The first kappa shape index (κ1) is 21.0. The summed E-state index contributed by atoms with van der Waals surface area (Å²) in [7, 11) is 2.11. The van der Waals surface area contributed by atoms with Crippen molar-refractivity contribution in [2.24, 2.45) is 13.0 Å². The Morgan fingerprint density at radius 3 is 2.53 bits per heavy atom. The third kappa shape index (κ3) is 2.88. The maximum Gasteiger partial charge on any atom is 0.264 e. The van der Waals surface area contributed by atoms with Crippen LogP contribution in [0.5, 0.6) is 11.5 Å². The molecule has 0 unspecified atom stereocenters. The molecule has 0 N–H and O–H groups in total. The lowest BCUT2D eigenvalue weighted by atomic mass is 9.88. The molecule has 0 aliphatic carbocycles. The van der Waals surface area contributed by atoms with Gasteiger partial charge in [0.1, 0.15) is 23.1 Å². The highest BCUT2D eigenvalue weighted by molar-refractivity contribution is 7.19. The minimum atomic E-state index is -0.628. The number of ether oxygens (including phenoxy) is 1. The fourth-order valence-electron chi connectivity index (χ4n) is 5.01. The van der Waals surface area contributed by atoms with Crippen LogP contribution in [0, 0.1) is 26.3 Å². The molecule has 2 aromatic heterocycles. The van der Waals surface area contributed by atoms with Crippen LogP contribution in [0.2, 0.25) is 0 Å². The maximum absolute atomic E-state index is 7.78. The van der Waals surface area contributed by atoms with Gasteiger partial charge >= 0.3 is 0 Å². The van der Waals surface area contributed by atoms with Crippen LogP contribution in [0.3, 0.4) is 0 Å². The normalized spacial score (nSPS) is 12.8. The van der Waals surface area contributed by atoms with E-state index in [0.717, 1.165) is 28.2 Å². The Bertz CT molecular complexity index is 1470. The molecule has 0 saturated carbocycles. The fraction of sp³-hybridized carbons (Fsp3) is 0.357. The van der Waals surface area contributed by atoms with Crippen LogP contribution in [0.25, 0.3) is 37.0 Å². The van der Waals surface area contributed by atoms with Gasteiger partial charge in [0.05, 0.1) is 10.3 Å². The van der Waals surface area contributed by atoms with E-state index in [9.17, 15) is 0 Å². The van der Waals surface area contributed by atoms with Gasteiger partial charge in [-0.3, -0.25) is 0 Å². The standard InChI is InChI=1S/C28H29N2OS/c1-15(2)13-18-9-10-19-16(3)22-24-23-21(11-12-30(24)8)32-27(28(5,6)29-7)26(23)31-25(22)17(4)20(19)14-18/h9-12,14-15H,13H2,1-6,8H3/q+1. The number of fused-ring (bicyclic) bond motifs is 3. The van der Waals surface area contributed by atoms with E-state index in [-0.39, 0.29) is 0 Å². The van der Waals surface area contributed by atoms with Crippen LogP contribution >= 0.6 is 11.3 Å². The smallest absolute Gasteiger partial charge is 0.264 e. The number of hydrogen-bond acceptors (Lipinski definition) is 2. The van der Waals surface area contributed by atoms with Crippen molar-refractivity contribution in [3.05, 3.63) is 63.4 Å². The Morgan fingerprint density at radius 1 is 1.09 bits per heavy atom. The largest absolute Gasteiger partial charge is 0.454 e. The monoisotopic (exact) mass is 441 g/mol. The second-order valence-corrected chi connectivity index (χ2v) is 11.0. The molecule has 1 aliphatic rings. The van der Waals surface area contributed by atoms with E-state index in [4.69, 9.17) is 11.3 Å². The van der Waals surface area contributed by atoms with Gasteiger partial charge in [-0.1, -0.05) is 32.0 Å². The van der Waals surface area contributed by atoms with E-state index in [1.807, 2.05) is 13.8 Å². The third-order valence-electron chi connectivity index (χ3n) is 6.69. The molecule has 2 aromatic carbocycles. The van der Waals surface area contributed by atoms with Gasteiger partial charge in [0, 0.05) is 25.5 Å². The first-order valence-corrected chi connectivity index (χ1v) is 12.0. The molecule has 162 valence electrons. The van der Waals surface area contributed by atoms with E-state index < -0.39 is 5.54 Å². The predicted octanol–water partition coefficient (Wildman–Crippen LogP) is 7.62. The summed E-state index contributed by atoms with van der Waals surface area (Å²) >= 11 is 1.69. The average Bonchev–Trinajstić information content (AvgIpc) is 3.13. The number of nitrogens with zero attached hydrogens (tertiary/aromatic N) is 2. The molecule has 0 saturated heterocycles. The molecule has 0 fully saturated rings. The van der Waals surface area contributed by atoms with Crippen molar-refractivity contribution < 1.29 is 9.30 Å². The van der Waals surface area contributed by atoms with Gasteiger partial charge in [0.25, 0.3) is 5.54 Å². The van der Waals surface area contributed by atoms with Crippen LogP contribution in [0.4, 0.5) is 0 Å². The van der Waals surface area contributed by atoms with Crippen LogP contribution in [-0.2, 0) is 19.0 Å². The molecular formula is C28H29N2OS+. The molecule has 3 heterocycles. The van der Waals surface area contributed by atoms with Crippen molar-refractivity contribution >= 4 is 32.2 Å². The second kappa shape index (κ2) is 7.05. The summed E-state index contributed by atoms with van der Waals surface area (Å²) in [5.41, 5.74) is 5.53. The quantitative estimate of drug-likeness (QED) is 0.208. The van der Waals surface area contributed by atoms with Gasteiger partial charge in [0.2, 0.25) is 5.69 Å². The van der Waals surface area contributed by atoms with Gasteiger partial charge in [-0.25, -0.2) is 11.1 Å². The number of aryl methyl sites for hydroxylation is 3. The zero-order chi connectivity index (χ0) is 22.9. The minimum Gasteiger partial charge on any atom is -0.454 e. The number of hydrogen-bond donors (Lipinski definition) is 0. The van der Waals surface area contributed by atoms with Gasteiger partial charge < -0.3 is 9.58 Å². The zero-order valence-electron chi connectivity index (χ0n) is 19.9. The second-order valence-electron chi connectivity index (χ2n) is 9.98. The van der Waals surface area contributed by atoms with Gasteiger partial charge in [-0.05, 0) is 48.1 Å². The molecule has 0 atom stereocenters. The van der Waals surface area contributed by atoms with Gasteiger partial charge in [-0.15, -0.1) is 11.3 Å². The molecule has 3 nitrogen and oxygen atoms in total. The Kier molecular flexibility index (Phi) is 4.62. The zero-order valence-corrected chi connectivity index (χ0v) is 20.7. The first-order valence-electron chi connectivity index (χ1n) is 11.2. The topological polar surface area (TPSA) is 17.5 Å². The average molecular weight is 442 g/mol. The van der Waals surface area contributed by atoms with E-state index in [0.29, 0.717) is 5.92 Å². The van der Waals surface area contributed by atoms with Crippen molar-refractivity contribution in [1.82, 2.24) is 0 Å². The molecule has 1 aliphatic heterocycles. The lowest BCUT2D eigenvalue weighted by Gasteiger charge is -2.24. The molecule has 0 amide bonds. The SMILES string of the molecule is [C-]#[N+]C(C)(C)c1sc2cc[n+](C)c3c2c1Oc1c-3c(C)c2ccc(CC(C)C)cc2c1C. The molecule has 4 aromatic rings. The highest BCUT2D eigenvalue weighted by Gasteiger charge is 2.41. The summed E-state index contributed by atoms with van der Waals surface area (Å²) < 4.78 is 10.1. The lowest BCUT2D eigenvalue weighted by molar-refractivity contribution is -0.659. The van der Waals surface area contributed by atoms with Gasteiger partial charge in [-0.2, -0.15) is 0 Å². The third-order valence-corrected chi connectivity index (χ3v) is 8.13. The molecule has 0 bridgehead atoms. The van der Waals surface area contributed by atoms with Crippen LogP contribution in [0.1, 0.15) is 49.3 Å². The Morgan fingerprint density at radius 2 is 1.84 bits per heavy atom. The lowest BCUT2D eigenvalue weighted by Crippen LogP contribution is -2.31. The van der Waals surface area contributed by atoms with Crippen molar-refractivity contribution in [1.29, 1.82) is 0 Å². The van der Waals surface area contributed by atoms with Crippen molar-refractivity contribution in [2.75, 3.05) is 0 Å². The molecule has 32 heavy (non-hydrogen) atoms. The van der Waals surface area contributed by atoms with E-state index in [1.165, 1.54) is 43.4 Å². The minimum absolute atomic E-state index is 0.617. The maximum atomic E-state index is 7.78. The fourth-order valence-corrected chi connectivity index (χ4v) is 6.19. The summed E-state index contributed by atoms with van der Waals surface area (Å²) in [6.07, 6.45) is 3.20. The molecule has 5 rings (SSSR count). The molecular weight excluding hydrogens is 412 g/mol. The highest BCUT2D eigenvalue weighted by atomic mass is 32.1. The van der Waals surface area contributed by atoms with Crippen LogP contribution in [0.15, 0.2) is 30.5 Å². The van der Waals surface area contributed by atoms with E-state index >= 15 is 0 Å². The van der Waals surface area contributed by atoms with Crippen LogP contribution in [-0.4, -0.2) is 0 Å². The summed E-state index contributed by atoms with van der Waals surface area (Å²) in [6.45, 7) is 20.7. The number of benzene rings is 2. The predicted molar refractivity (Wildman–Crippen MR) is 134 cm³/mol. The highest BCUT2D eigenvalue weighted by Crippen LogP contribution is 2.56. The Labute approximate surface area is 194 Å². The van der Waals surface area contributed by atoms with E-state index in [2.05, 4.69) is 74.6 Å². The summed E-state index contributed by atoms with van der Waals surface area (Å²) in [5.74, 6) is 2.42. The Balaban J connectivity index is 1.88. The molecule has 0 spiro atoms. The van der Waals surface area contributed by atoms with E-state index in [1.54, 1.807) is 11.3 Å². The molecule has 4 heteroatoms. The van der Waals surface area contributed by atoms with Crippen molar-refractivity contribution in [2.45, 2.75) is 53.5 Å². The van der Waals surface area contributed by atoms with Crippen LogP contribution < -0.4 is 9.30 Å². The molecule has 0 radical (unpaired) electrons. The van der Waals surface area contributed by atoms with Gasteiger partial charge in [0.15, 0.2) is 11.9 Å². The Hall–Kier alpha value is -2.90. The number of thiophene rings is 1. The summed E-state index contributed by atoms with van der Waals surface area (Å²) in [5, 5.41) is 3.69. The number of rotatable bonds is 3.